The molecule has 1 unspecified atom stereocenters. The molecule has 0 aliphatic heterocycles. The van der Waals surface area contributed by atoms with E-state index < -0.39 is 17.7 Å². The first-order chi connectivity index (χ1) is 13.0. The number of hydrogen-bond donors (Lipinski definition) is 1. The van der Waals surface area contributed by atoms with Crippen molar-refractivity contribution in [2.24, 2.45) is 5.73 Å². The van der Waals surface area contributed by atoms with Crippen LogP contribution >= 0.6 is 34.5 Å². The molecule has 2 N–H and O–H groups in total. The number of hydrogen-bond acceptors (Lipinski definition) is 4. The van der Waals surface area contributed by atoms with Crippen molar-refractivity contribution < 1.29 is 8.78 Å². The van der Waals surface area contributed by atoms with Crippen molar-refractivity contribution in [1.82, 2.24) is 9.97 Å². The summed E-state index contributed by atoms with van der Waals surface area (Å²) < 4.78 is 30.6. The molecule has 0 radical (unpaired) electrons. The van der Waals surface area contributed by atoms with E-state index in [9.17, 15) is 4.39 Å². The van der Waals surface area contributed by atoms with E-state index in [1.165, 1.54) is 35.7 Å². The van der Waals surface area contributed by atoms with E-state index >= 15 is 4.39 Å². The number of halogens is 4. The van der Waals surface area contributed by atoms with E-state index in [0.717, 1.165) is 0 Å². The molecule has 1 aromatic carbocycles. The second-order valence-corrected chi connectivity index (χ2v) is 7.92. The lowest BCUT2D eigenvalue weighted by Gasteiger charge is -2.18. The first kappa shape index (κ1) is 18.3. The maximum Gasteiger partial charge on any atom is 0.156 e. The minimum Gasteiger partial charge on any atom is -0.320 e. The van der Waals surface area contributed by atoms with Crippen LogP contribution in [0.4, 0.5) is 8.78 Å². The number of thiophene rings is 1. The highest BCUT2D eigenvalue weighted by atomic mass is 35.5. The number of nitrogens with two attached hydrogens (primary N) is 1. The van der Waals surface area contributed by atoms with Crippen LogP contribution in [-0.2, 0) is 0 Å². The highest BCUT2D eigenvalue weighted by Crippen LogP contribution is 2.38. The van der Waals surface area contributed by atoms with Gasteiger partial charge < -0.3 is 5.73 Å². The molecule has 0 amide bonds. The van der Waals surface area contributed by atoms with E-state index in [4.69, 9.17) is 28.9 Å². The number of nitrogens with zero attached hydrogens (tertiary/aromatic N) is 2. The number of rotatable bonds is 3. The van der Waals surface area contributed by atoms with Crippen molar-refractivity contribution in [2.45, 2.75) is 6.04 Å². The normalized spacial score (nSPS) is 12.5. The molecule has 3 aromatic heterocycles. The van der Waals surface area contributed by atoms with Gasteiger partial charge in [-0.3, -0.25) is 0 Å². The van der Waals surface area contributed by atoms with Crippen LogP contribution in [0.3, 0.4) is 0 Å². The number of fused-ring (bicyclic) bond motifs is 1. The smallest absolute Gasteiger partial charge is 0.156 e. The third-order valence-electron chi connectivity index (χ3n) is 4.16. The third kappa shape index (κ3) is 3.30. The summed E-state index contributed by atoms with van der Waals surface area (Å²) in [5, 5.41) is 0.259. The zero-order valence-corrected chi connectivity index (χ0v) is 15.9. The molecular formula is C19H11Cl2F2N3S. The van der Waals surface area contributed by atoms with Crippen molar-refractivity contribution in [3.05, 3.63) is 80.9 Å². The first-order valence-corrected chi connectivity index (χ1v) is 9.43. The monoisotopic (exact) mass is 421 g/mol. The average Bonchev–Trinajstić information content (AvgIpc) is 3.07. The van der Waals surface area contributed by atoms with Gasteiger partial charge in [-0.05, 0) is 42.0 Å². The Morgan fingerprint density at radius 3 is 2.59 bits per heavy atom. The van der Waals surface area contributed by atoms with E-state index in [1.54, 1.807) is 24.3 Å². The van der Waals surface area contributed by atoms with Crippen LogP contribution < -0.4 is 5.73 Å². The summed E-state index contributed by atoms with van der Waals surface area (Å²) >= 11 is 13.1. The van der Waals surface area contributed by atoms with Gasteiger partial charge in [0.05, 0.1) is 20.8 Å². The fourth-order valence-corrected chi connectivity index (χ4v) is 4.16. The summed E-state index contributed by atoms with van der Waals surface area (Å²) in [5.41, 5.74) is 7.24. The summed E-state index contributed by atoms with van der Waals surface area (Å²) in [6.45, 7) is 0. The molecule has 3 nitrogen and oxygen atoms in total. The van der Waals surface area contributed by atoms with Crippen LogP contribution in [0.1, 0.15) is 17.2 Å². The molecule has 8 heteroatoms. The van der Waals surface area contributed by atoms with Gasteiger partial charge in [0.1, 0.15) is 16.7 Å². The van der Waals surface area contributed by atoms with Crippen molar-refractivity contribution in [1.29, 1.82) is 0 Å². The Bertz CT molecular complexity index is 1160. The Morgan fingerprint density at radius 1 is 1.07 bits per heavy atom. The Balaban J connectivity index is 2.04. The van der Waals surface area contributed by atoms with Gasteiger partial charge in [-0.15, -0.1) is 11.3 Å². The Kier molecular flexibility index (Phi) is 4.82. The van der Waals surface area contributed by atoms with E-state index in [1.807, 2.05) is 0 Å². The molecule has 27 heavy (non-hydrogen) atoms. The average molecular weight is 422 g/mol. The number of pyridine rings is 2. The molecule has 136 valence electrons. The van der Waals surface area contributed by atoms with Crippen molar-refractivity contribution in [2.75, 3.05) is 0 Å². The fourth-order valence-electron chi connectivity index (χ4n) is 2.95. The lowest BCUT2D eigenvalue weighted by Crippen LogP contribution is -2.16. The standard InChI is InChI=1S/C19H11Cl2F2N3S/c20-13-8-9(6-7-25-13)18(24)16-15-10(22)2-1-3-11(15)26-19(17(16)23)12-4-5-14(21)27-12/h1-8,18H,24H2. The molecule has 0 saturated carbocycles. The van der Waals surface area contributed by atoms with E-state index in [-0.39, 0.29) is 21.8 Å². The highest BCUT2D eigenvalue weighted by molar-refractivity contribution is 7.19. The number of benzene rings is 1. The molecule has 1 atom stereocenters. The van der Waals surface area contributed by atoms with Gasteiger partial charge >= 0.3 is 0 Å². The zero-order valence-electron chi connectivity index (χ0n) is 13.6. The SMILES string of the molecule is NC(c1ccnc(Cl)c1)c1c(F)c(-c2ccc(Cl)s2)nc2cccc(F)c12. The molecule has 0 bridgehead atoms. The van der Waals surface area contributed by atoms with Gasteiger partial charge in [0.2, 0.25) is 0 Å². The van der Waals surface area contributed by atoms with Crippen LogP contribution in [0.2, 0.25) is 9.49 Å². The van der Waals surface area contributed by atoms with Gasteiger partial charge in [0, 0.05) is 17.1 Å². The zero-order chi connectivity index (χ0) is 19.1. The maximum atomic E-state index is 15.5. The van der Waals surface area contributed by atoms with Gasteiger partial charge in [-0.2, -0.15) is 0 Å². The van der Waals surface area contributed by atoms with Gasteiger partial charge in [0.25, 0.3) is 0 Å². The molecule has 0 aliphatic carbocycles. The summed E-state index contributed by atoms with van der Waals surface area (Å²) in [6.07, 6.45) is 1.47. The van der Waals surface area contributed by atoms with Crippen molar-refractivity contribution >= 4 is 45.4 Å². The Morgan fingerprint density at radius 2 is 1.89 bits per heavy atom. The molecule has 0 spiro atoms. The molecule has 4 rings (SSSR count). The number of aromatic nitrogens is 2. The van der Waals surface area contributed by atoms with Gasteiger partial charge in [-0.1, -0.05) is 29.3 Å². The predicted octanol–water partition coefficient (Wildman–Crippen LogP) is 5.99. The van der Waals surface area contributed by atoms with Crippen molar-refractivity contribution in [3.63, 3.8) is 0 Å². The molecule has 0 fully saturated rings. The summed E-state index contributed by atoms with van der Waals surface area (Å²) in [6, 6.07) is 9.90. The largest absolute Gasteiger partial charge is 0.320 e. The summed E-state index contributed by atoms with van der Waals surface area (Å²) in [7, 11) is 0. The Hall–Kier alpha value is -2.12. The lowest BCUT2D eigenvalue weighted by molar-refractivity contribution is 0.595. The molecule has 0 saturated heterocycles. The maximum absolute atomic E-state index is 15.5. The van der Waals surface area contributed by atoms with Crippen molar-refractivity contribution in [3.8, 4) is 10.6 Å². The summed E-state index contributed by atoms with van der Waals surface area (Å²) in [4.78, 5) is 8.75. The second-order valence-electron chi connectivity index (χ2n) is 5.82. The van der Waals surface area contributed by atoms with E-state index in [2.05, 4.69) is 9.97 Å². The van der Waals surface area contributed by atoms with Crippen LogP contribution in [-0.4, -0.2) is 9.97 Å². The second kappa shape index (κ2) is 7.13. The molecule has 0 aliphatic rings. The predicted molar refractivity (Wildman–Crippen MR) is 105 cm³/mol. The minimum absolute atomic E-state index is 0.0138. The van der Waals surface area contributed by atoms with E-state index in [0.29, 0.717) is 20.3 Å². The summed E-state index contributed by atoms with van der Waals surface area (Å²) in [5.74, 6) is -1.29. The minimum atomic E-state index is -0.956. The lowest BCUT2D eigenvalue weighted by atomic mass is 9.95. The van der Waals surface area contributed by atoms with Crippen LogP contribution in [0.5, 0.6) is 0 Å². The fraction of sp³-hybridized carbons (Fsp3) is 0.0526. The van der Waals surface area contributed by atoms with Gasteiger partial charge in [0.15, 0.2) is 5.82 Å². The quantitative estimate of drug-likeness (QED) is 0.413. The van der Waals surface area contributed by atoms with Crippen LogP contribution in [0.15, 0.2) is 48.7 Å². The molecule has 4 aromatic rings. The topological polar surface area (TPSA) is 51.8 Å². The van der Waals surface area contributed by atoms with Crippen LogP contribution in [0.25, 0.3) is 21.5 Å². The first-order valence-electron chi connectivity index (χ1n) is 7.86. The highest BCUT2D eigenvalue weighted by Gasteiger charge is 2.25. The van der Waals surface area contributed by atoms with Crippen LogP contribution in [0, 0.1) is 11.6 Å². The third-order valence-corrected chi connectivity index (χ3v) is 5.61. The Labute approximate surface area is 167 Å². The molecule has 3 heterocycles. The molecular weight excluding hydrogens is 411 g/mol. The van der Waals surface area contributed by atoms with Gasteiger partial charge in [-0.25, -0.2) is 18.7 Å².